The minimum atomic E-state index is -0.648. The first-order valence-corrected chi connectivity index (χ1v) is 10.4. The van der Waals surface area contributed by atoms with Gasteiger partial charge in [0.15, 0.2) is 0 Å². The number of fused-ring (bicyclic) bond motifs is 1. The Balaban J connectivity index is 1.86. The quantitative estimate of drug-likeness (QED) is 0.278. The van der Waals surface area contributed by atoms with E-state index in [9.17, 15) is 14.7 Å². The number of allylic oxidation sites excluding steroid dienone is 2. The molecule has 0 atom stereocenters. The molecule has 1 aromatic heterocycles. The summed E-state index contributed by atoms with van der Waals surface area (Å²) in [5.41, 5.74) is 2.61. The number of phenols is 1. The number of amides is 1. The average Bonchev–Trinajstić information content (AvgIpc) is 2.76. The van der Waals surface area contributed by atoms with Crippen LogP contribution in [0.4, 0.5) is 5.69 Å². The van der Waals surface area contributed by atoms with E-state index in [4.69, 9.17) is 9.15 Å². The Morgan fingerprint density at radius 1 is 1.19 bits per heavy atom. The van der Waals surface area contributed by atoms with E-state index in [1.54, 1.807) is 18.2 Å². The van der Waals surface area contributed by atoms with E-state index in [2.05, 4.69) is 10.6 Å². The molecule has 32 heavy (non-hydrogen) atoms. The number of nitrogens with one attached hydrogen (secondary N) is 2. The molecule has 0 spiro atoms. The fourth-order valence-electron chi connectivity index (χ4n) is 3.21. The van der Waals surface area contributed by atoms with Crippen molar-refractivity contribution in [1.29, 1.82) is 0 Å². The van der Waals surface area contributed by atoms with E-state index in [0.717, 1.165) is 11.1 Å². The molecule has 0 aliphatic rings. The summed E-state index contributed by atoms with van der Waals surface area (Å²) in [6.07, 6.45) is 2.47. The van der Waals surface area contributed by atoms with Crippen LogP contribution in [0.25, 0.3) is 11.0 Å². The van der Waals surface area contributed by atoms with Crippen molar-refractivity contribution in [2.24, 2.45) is 0 Å². The Kier molecular flexibility index (Phi) is 7.33. The SMILES string of the molecule is CNCCOc1ccc2cc(NC(=O)c3ccc(O)c(CC=C(C)C)c3)c(=O)oc2c1C. The van der Waals surface area contributed by atoms with Crippen LogP contribution < -0.4 is 21.0 Å². The molecule has 2 aromatic carbocycles. The molecule has 0 aliphatic heterocycles. The molecule has 1 heterocycles. The van der Waals surface area contributed by atoms with E-state index >= 15 is 0 Å². The fourth-order valence-corrected chi connectivity index (χ4v) is 3.21. The number of hydrogen-bond acceptors (Lipinski definition) is 6. The van der Waals surface area contributed by atoms with Crippen molar-refractivity contribution >= 4 is 22.6 Å². The molecule has 7 heteroatoms. The highest BCUT2D eigenvalue weighted by Crippen LogP contribution is 2.28. The van der Waals surface area contributed by atoms with Gasteiger partial charge < -0.3 is 24.9 Å². The Morgan fingerprint density at radius 3 is 2.69 bits per heavy atom. The van der Waals surface area contributed by atoms with Crippen molar-refractivity contribution in [2.45, 2.75) is 27.2 Å². The monoisotopic (exact) mass is 436 g/mol. The van der Waals surface area contributed by atoms with Crippen molar-refractivity contribution < 1.29 is 19.1 Å². The van der Waals surface area contributed by atoms with Gasteiger partial charge in [-0.25, -0.2) is 4.79 Å². The van der Waals surface area contributed by atoms with Gasteiger partial charge in [-0.05, 0) is 76.2 Å². The molecule has 0 saturated carbocycles. The van der Waals surface area contributed by atoms with E-state index in [1.165, 1.54) is 12.1 Å². The molecular formula is C25H28N2O5. The summed E-state index contributed by atoms with van der Waals surface area (Å²) >= 11 is 0. The fraction of sp³-hybridized carbons (Fsp3) is 0.280. The van der Waals surface area contributed by atoms with Crippen LogP contribution >= 0.6 is 0 Å². The van der Waals surface area contributed by atoms with Crippen molar-refractivity contribution in [3.63, 3.8) is 0 Å². The number of aryl methyl sites for hydroxylation is 1. The molecule has 3 aromatic rings. The highest BCUT2D eigenvalue weighted by atomic mass is 16.5. The van der Waals surface area contributed by atoms with Crippen molar-refractivity contribution in [2.75, 3.05) is 25.5 Å². The van der Waals surface area contributed by atoms with Crippen molar-refractivity contribution in [3.8, 4) is 11.5 Å². The van der Waals surface area contributed by atoms with Gasteiger partial charge in [0.2, 0.25) is 0 Å². The van der Waals surface area contributed by atoms with E-state index in [-0.39, 0.29) is 11.4 Å². The lowest BCUT2D eigenvalue weighted by atomic mass is 10.0. The lowest BCUT2D eigenvalue weighted by Gasteiger charge is -2.11. The summed E-state index contributed by atoms with van der Waals surface area (Å²) in [7, 11) is 1.84. The Bertz CT molecular complexity index is 1220. The standard InChI is InChI=1S/C25H28N2O5/c1-15(2)5-6-17-13-19(7-9-21(17)28)24(29)27-20-14-18-8-10-22(31-12-11-26-4)16(3)23(18)32-25(20)30/h5,7-10,13-14,26,28H,6,11-12H2,1-4H3,(H,27,29). The number of likely N-dealkylation sites (N-methyl/N-ethyl adjacent to an activating group) is 1. The zero-order chi connectivity index (χ0) is 23.3. The number of benzene rings is 2. The predicted molar refractivity (Wildman–Crippen MR) is 126 cm³/mol. The number of aromatic hydroxyl groups is 1. The van der Waals surface area contributed by atoms with Crippen LogP contribution in [0.3, 0.4) is 0 Å². The molecule has 0 fully saturated rings. The number of carbonyl (C=O) groups is 1. The zero-order valence-corrected chi connectivity index (χ0v) is 18.7. The van der Waals surface area contributed by atoms with E-state index in [1.807, 2.05) is 40.0 Å². The van der Waals surface area contributed by atoms with Crippen molar-refractivity contribution in [1.82, 2.24) is 5.32 Å². The minimum Gasteiger partial charge on any atom is -0.508 e. The average molecular weight is 437 g/mol. The predicted octanol–water partition coefficient (Wildman–Crippen LogP) is 4.17. The molecule has 3 rings (SSSR count). The molecule has 0 unspecified atom stereocenters. The van der Waals surface area contributed by atoms with Crippen LogP contribution in [0.1, 0.15) is 35.3 Å². The Labute approximate surface area is 186 Å². The molecule has 0 saturated heterocycles. The van der Waals surface area contributed by atoms with Gasteiger partial charge in [-0.2, -0.15) is 0 Å². The summed E-state index contributed by atoms with van der Waals surface area (Å²) in [6.45, 7) is 6.93. The van der Waals surface area contributed by atoms with Gasteiger partial charge in [0.1, 0.15) is 29.4 Å². The Morgan fingerprint density at radius 2 is 1.97 bits per heavy atom. The van der Waals surface area contributed by atoms with Gasteiger partial charge in [-0.1, -0.05) is 11.6 Å². The summed E-state index contributed by atoms with van der Waals surface area (Å²) in [5.74, 6) is 0.298. The van der Waals surface area contributed by atoms with E-state index < -0.39 is 11.5 Å². The highest BCUT2D eigenvalue weighted by Gasteiger charge is 2.15. The lowest BCUT2D eigenvalue weighted by molar-refractivity contribution is 0.102. The maximum Gasteiger partial charge on any atom is 0.360 e. The van der Waals surface area contributed by atoms with Crippen LogP contribution in [0.2, 0.25) is 0 Å². The van der Waals surface area contributed by atoms with Crippen LogP contribution in [0, 0.1) is 6.92 Å². The van der Waals surface area contributed by atoms with Gasteiger partial charge in [0, 0.05) is 23.1 Å². The van der Waals surface area contributed by atoms with Crippen LogP contribution in [0.5, 0.6) is 11.5 Å². The minimum absolute atomic E-state index is 0.0460. The second kappa shape index (κ2) is 10.2. The topological polar surface area (TPSA) is 101 Å². The molecule has 7 nitrogen and oxygen atoms in total. The second-order valence-corrected chi connectivity index (χ2v) is 7.79. The first kappa shape index (κ1) is 23.1. The zero-order valence-electron chi connectivity index (χ0n) is 18.7. The molecule has 3 N–H and O–H groups in total. The summed E-state index contributed by atoms with van der Waals surface area (Å²) in [4.78, 5) is 25.3. The molecule has 1 amide bonds. The number of hydrogen-bond donors (Lipinski definition) is 3. The number of rotatable bonds is 8. The van der Waals surface area contributed by atoms with Gasteiger partial charge in [0.25, 0.3) is 5.91 Å². The lowest BCUT2D eigenvalue weighted by Crippen LogP contribution is -2.18. The molecular weight excluding hydrogens is 408 g/mol. The van der Waals surface area contributed by atoms with Crippen molar-refractivity contribution in [3.05, 3.63) is 75.2 Å². The van der Waals surface area contributed by atoms with Crippen LogP contribution in [0.15, 0.2) is 57.3 Å². The number of anilines is 1. The molecule has 0 bridgehead atoms. The first-order chi connectivity index (χ1) is 15.3. The van der Waals surface area contributed by atoms with Crippen LogP contribution in [-0.4, -0.2) is 31.2 Å². The summed E-state index contributed by atoms with van der Waals surface area (Å²) in [5, 5.41) is 16.4. The Hall–Kier alpha value is -3.58. The molecule has 168 valence electrons. The molecule has 0 aliphatic carbocycles. The van der Waals surface area contributed by atoms with Gasteiger partial charge >= 0.3 is 5.63 Å². The van der Waals surface area contributed by atoms with Gasteiger partial charge in [-0.3, -0.25) is 4.79 Å². The summed E-state index contributed by atoms with van der Waals surface area (Å²) in [6, 6.07) is 9.80. The second-order valence-electron chi connectivity index (χ2n) is 7.79. The normalized spacial score (nSPS) is 10.8. The van der Waals surface area contributed by atoms with Gasteiger partial charge in [-0.15, -0.1) is 0 Å². The number of carbonyl (C=O) groups excluding carboxylic acids is 1. The van der Waals surface area contributed by atoms with E-state index in [0.29, 0.717) is 47.4 Å². The maximum atomic E-state index is 12.8. The third-order valence-electron chi connectivity index (χ3n) is 5.03. The van der Waals surface area contributed by atoms with Gasteiger partial charge in [0.05, 0.1) is 0 Å². The van der Waals surface area contributed by atoms with Crippen LogP contribution in [-0.2, 0) is 6.42 Å². The number of ether oxygens (including phenoxy) is 1. The third kappa shape index (κ3) is 5.36. The first-order valence-electron chi connectivity index (χ1n) is 10.4. The molecule has 0 radical (unpaired) electrons. The third-order valence-corrected chi connectivity index (χ3v) is 5.03. The highest BCUT2D eigenvalue weighted by molar-refractivity contribution is 6.05. The summed E-state index contributed by atoms with van der Waals surface area (Å²) < 4.78 is 11.2. The maximum absolute atomic E-state index is 12.8. The number of phenolic OH excluding ortho intramolecular Hbond substituents is 1. The smallest absolute Gasteiger partial charge is 0.360 e. The largest absolute Gasteiger partial charge is 0.508 e.